The number of hydrogen-bond donors (Lipinski definition) is 2. The Labute approximate surface area is 102 Å². The molecule has 86 valence electrons. The Morgan fingerprint density at radius 2 is 2.12 bits per heavy atom. The Morgan fingerprint density at radius 1 is 1.29 bits per heavy atom. The number of anilines is 1. The van der Waals surface area contributed by atoms with Gasteiger partial charge in [-0.2, -0.15) is 0 Å². The van der Waals surface area contributed by atoms with Crippen molar-refractivity contribution in [2.24, 2.45) is 5.73 Å². The van der Waals surface area contributed by atoms with Crippen LogP contribution in [0.1, 0.15) is 10.5 Å². The number of aromatic nitrogens is 2. The first-order valence-electron chi connectivity index (χ1n) is 4.80. The van der Waals surface area contributed by atoms with E-state index in [4.69, 9.17) is 11.5 Å². The van der Waals surface area contributed by atoms with Gasteiger partial charge in [0, 0.05) is 22.2 Å². The number of nitrogens with zero attached hydrogens (tertiary/aromatic N) is 2. The number of carbonyl (C=O) groups is 1. The second-order valence-electron chi connectivity index (χ2n) is 3.26. The molecule has 0 aliphatic rings. The van der Waals surface area contributed by atoms with Crippen LogP contribution in [0.2, 0.25) is 0 Å². The maximum atomic E-state index is 11.0. The van der Waals surface area contributed by atoms with Crippen molar-refractivity contribution in [2.75, 3.05) is 5.73 Å². The van der Waals surface area contributed by atoms with E-state index >= 15 is 0 Å². The van der Waals surface area contributed by atoms with Crippen molar-refractivity contribution >= 4 is 23.4 Å². The van der Waals surface area contributed by atoms with E-state index in [1.807, 2.05) is 6.07 Å². The van der Waals surface area contributed by atoms with Crippen molar-refractivity contribution in [1.82, 2.24) is 9.97 Å². The molecule has 0 saturated carbocycles. The Hall–Kier alpha value is -2.08. The second kappa shape index (κ2) is 4.84. The molecular weight excluding hydrogens is 236 g/mol. The molecule has 2 heterocycles. The highest BCUT2D eigenvalue weighted by atomic mass is 32.2. The van der Waals surface area contributed by atoms with Crippen LogP contribution in [0.25, 0.3) is 0 Å². The maximum Gasteiger partial charge on any atom is 0.267 e. The summed E-state index contributed by atoms with van der Waals surface area (Å²) in [5.41, 5.74) is 11.8. The third kappa shape index (κ3) is 2.73. The average molecular weight is 246 g/mol. The van der Waals surface area contributed by atoms with Crippen LogP contribution < -0.4 is 11.5 Å². The van der Waals surface area contributed by atoms with Crippen LogP contribution >= 0.6 is 11.8 Å². The van der Waals surface area contributed by atoms with E-state index in [1.165, 1.54) is 11.8 Å². The van der Waals surface area contributed by atoms with Crippen LogP contribution in [-0.4, -0.2) is 15.9 Å². The Kier molecular flexibility index (Phi) is 3.24. The number of nitrogens with two attached hydrogens (primary N) is 2. The second-order valence-corrected chi connectivity index (χ2v) is 4.37. The van der Waals surface area contributed by atoms with Crippen LogP contribution in [-0.2, 0) is 0 Å². The number of amides is 1. The molecule has 5 nitrogen and oxygen atoms in total. The molecular formula is C11H10N4OS. The number of rotatable bonds is 3. The Bertz CT molecular complexity index is 559. The van der Waals surface area contributed by atoms with Gasteiger partial charge in [-0.3, -0.25) is 14.8 Å². The molecule has 0 unspecified atom stereocenters. The lowest BCUT2D eigenvalue weighted by Gasteiger charge is -2.04. The molecule has 2 aromatic heterocycles. The van der Waals surface area contributed by atoms with Crippen LogP contribution in [0.3, 0.4) is 0 Å². The Morgan fingerprint density at radius 3 is 2.82 bits per heavy atom. The van der Waals surface area contributed by atoms with Gasteiger partial charge in [0.15, 0.2) is 0 Å². The zero-order chi connectivity index (χ0) is 12.3. The highest BCUT2D eigenvalue weighted by molar-refractivity contribution is 7.99. The minimum Gasteiger partial charge on any atom is -0.397 e. The van der Waals surface area contributed by atoms with Gasteiger partial charge in [-0.1, -0.05) is 11.8 Å². The smallest absolute Gasteiger partial charge is 0.267 e. The minimum atomic E-state index is -0.546. The normalized spacial score (nSPS) is 10.1. The Balaban J connectivity index is 2.28. The van der Waals surface area contributed by atoms with E-state index in [0.29, 0.717) is 5.69 Å². The van der Waals surface area contributed by atoms with E-state index in [2.05, 4.69) is 9.97 Å². The van der Waals surface area contributed by atoms with Crippen molar-refractivity contribution in [3.8, 4) is 0 Å². The molecule has 0 radical (unpaired) electrons. The molecule has 0 atom stereocenters. The van der Waals surface area contributed by atoms with Crippen LogP contribution in [0.4, 0.5) is 5.69 Å². The van der Waals surface area contributed by atoms with Crippen molar-refractivity contribution in [3.63, 3.8) is 0 Å². The topological polar surface area (TPSA) is 94.9 Å². The number of primary amides is 1. The summed E-state index contributed by atoms with van der Waals surface area (Å²) in [7, 11) is 0. The third-order valence-corrected chi connectivity index (χ3v) is 3.10. The molecule has 0 aliphatic heterocycles. The van der Waals surface area contributed by atoms with Gasteiger partial charge in [-0.25, -0.2) is 0 Å². The molecule has 0 fully saturated rings. The minimum absolute atomic E-state index is 0.239. The number of nitrogen functional groups attached to an aromatic ring is 1. The summed E-state index contributed by atoms with van der Waals surface area (Å²) in [5, 5.41) is 0. The lowest BCUT2D eigenvalue weighted by atomic mass is 10.3. The lowest BCUT2D eigenvalue weighted by molar-refractivity contribution is 0.0995. The quantitative estimate of drug-likeness (QED) is 0.851. The summed E-state index contributed by atoms with van der Waals surface area (Å²) in [4.78, 5) is 20.5. The van der Waals surface area contributed by atoms with Crippen LogP contribution in [0, 0.1) is 0 Å². The summed E-state index contributed by atoms with van der Waals surface area (Å²) in [6, 6.07) is 5.23. The fraction of sp³-hybridized carbons (Fsp3) is 0. The zero-order valence-corrected chi connectivity index (χ0v) is 9.65. The molecule has 2 aromatic rings. The van der Waals surface area contributed by atoms with Gasteiger partial charge >= 0.3 is 0 Å². The summed E-state index contributed by atoms with van der Waals surface area (Å²) < 4.78 is 0. The zero-order valence-electron chi connectivity index (χ0n) is 8.83. The van der Waals surface area contributed by atoms with E-state index in [-0.39, 0.29) is 5.69 Å². The fourth-order valence-electron chi connectivity index (χ4n) is 1.22. The molecule has 0 spiro atoms. The number of hydrogen-bond acceptors (Lipinski definition) is 5. The number of pyridine rings is 2. The monoisotopic (exact) mass is 246 g/mol. The molecule has 0 saturated heterocycles. The van der Waals surface area contributed by atoms with Gasteiger partial charge in [0.25, 0.3) is 5.91 Å². The van der Waals surface area contributed by atoms with Crippen LogP contribution in [0.5, 0.6) is 0 Å². The molecule has 6 heteroatoms. The van der Waals surface area contributed by atoms with Gasteiger partial charge in [0.1, 0.15) is 5.69 Å². The largest absolute Gasteiger partial charge is 0.397 e. The van der Waals surface area contributed by atoms with Gasteiger partial charge in [-0.15, -0.1) is 0 Å². The van der Waals surface area contributed by atoms with E-state index in [9.17, 15) is 4.79 Å². The van der Waals surface area contributed by atoms with E-state index in [1.54, 1.807) is 30.7 Å². The van der Waals surface area contributed by atoms with Gasteiger partial charge in [0.2, 0.25) is 0 Å². The first-order chi connectivity index (χ1) is 8.16. The maximum absolute atomic E-state index is 11.0. The number of carbonyl (C=O) groups excluding carboxylic acids is 1. The predicted molar refractivity (Wildman–Crippen MR) is 65.5 cm³/mol. The van der Waals surface area contributed by atoms with Crippen LogP contribution in [0.15, 0.2) is 46.6 Å². The summed E-state index contributed by atoms with van der Waals surface area (Å²) >= 11 is 1.43. The van der Waals surface area contributed by atoms with E-state index in [0.717, 1.165) is 9.79 Å². The molecule has 4 N–H and O–H groups in total. The fourth-order valence-corrected chi connectivity index (χ4v) is 2.08. The van der Waals surface area contributed by atoms with Gasteiger partial charge in [0.05, 0.1) is 11.9 Å². The summed E-state index contributed by atoms with van der Waals surface area (Å²) in [5.74, 6) is -0.546. The van der Waals surface area contributed by atoms with Crippen molar-refractivity contribution in [1.29, 1.82) is 0 Å². The highest BCUT2D eigenvalue weighted by Gasteiger charge is 2.05. The van der Waals surface area contributed by atoms with Gasteiger partial charge < -0.3 is 11.5 Å². The van der Waals surface area contributed by atoms with E-state index < -0.39 is 5.91 Å². The molecule has 17 heavy (non-hydrogen) atoms. The van der Waals surface area contributed by atoms with Crippen molar-refractivity contribution in [3.05, 3.63) is 42.5 Å². The first kappa shape index (κ1) is 11.4. The molecule has 0 aromatic carbocycles. The molecule has 0 aliphatic carbocycles. The highest BCUT2D eigenvalue weighted by Crippen LogP contribution is 2.31. The first-order valence-corrected chi connectivity index (χ1v) is 5.61. The third-order valence-electron chi connectivity index (χ3n) is 2.02. The van der Waals surface area contributed by atoms with Crippen molar-refractivity contribution in [2.45, 2.75) is 9.79 Å². The van der Waals surface area contributed by atoms with Gasteiger partial charge in [-0.05, 0) is 18.2 Å². The SMILES string of the molecule is NC(=O)c1cc(Sc2ccncc2N)ccn1. The summed E-state index contributed by atoms with van der Waals surface area (Å²) in [6.45, 7) is 0. The molecule has 1 amide bonds. The average Bonchev–Trinajstić information content (AvgIpc) is 2.32. The molecule has 2 rings (SSSR count). The van der Waals surface area contributed by atoms with Crippen molar-refractivity contribution < 1.29 is 4.79 Å². The molecule has 0 bridgehead atoms. The standard InChI is InChI=1S/C11H10N4OS/c12-8-6-14-3-2-10(8)17-7-1-4-15-9(5-7)11(13)16/h1-6H,12H2,(H2,13,16). The predicted octanol–water partition coefficient (Wildman–Crippen LogP) is 1.31. The lowest BCUT2D eigenvalue weighted by Crippen LogP contribution is -2.12. The summed E-state index contributed by atoms with van der Waals surface area (Å²) in [6.07, 6.45) is 4.78.